The van der Waals surface area contributed by atoms with E-state index in [9.17, 15) is 9.59 Å². The summed E-state index contributed by atoms with van der Waals surface area (Å²) in [5.41, 5.74) is 0.901. The van der Waals surface area contributed by atoms with E-state index in [0.29, 0.717) is 22.1 Å². The van der Waals surface area contributed by atoms with Gasteiger partial charge in [-0.25, -0.2) is 4.98 Å². The van der Waals surface area contributed by atoms with Gasteiger partial charge in [-0.1, -0.05) is 57.0 Å². The molecule has 1 saturated carbocycles. The van der Waals surface area contributed by atoms with E-state index in [2.05, 4.69) is 24.1 Å². The molecule has 4 rings (SSSR count). The van der Waals surface area contributed by atoms with Crippen molar-refractivity contribution >= 4 is 27.5 Å². The zero-order chi connectivity index (χ0) is 19.7. The molecule has 1 aliphatic carbocycles. The second-order valence-corrected chi connectivity index (χ2v) is 8.85. The number of carbonyl (C=O) groups is 1. The number of nitrogens with one attached hydrogen (secondary N) is 1. The number of fused-ring (bicyclic) bond motifs is 1. The Labute approximate surface area is 168 Å². The minimum absolute atomic E-state index is 0.00981. The van der Waals surface area contributed by atoms with Crippen molar-refractivity contribution in [1.29, 1.82) is 0 Å². The summed E-state index contributed by atoms with van der Waals surface area (Å²) in [6, 6.07) is 12.0. The number of nitrogens with zero attached hydrogens (tertiary/aromatic N) is 2. The van der Waals surface area contributed by atoms with Crippen molar-refractivity contribution in [3.63, 3.8) is 0 Å². The quantitative estimate of drug-likeness (QED) is 0.724. The Morgan fingerprint density at radius 2 is 2.04 bits per heavy atom. The van der Waals surface area contributed by atoms with Crippen LogP contribution in [0.2, 0.25) is 0 Å². The molecule has 146 valence electrons. The average Bonchev–Trinajstić information content (AvgIpc) is 3.14. The summed E-state index contributed by atoms with van der Waals surface area (Å²) in [7, 11) is 0. The molecule has 5 nitrogen and oxygen atoms in total. The zero-order valence-electron chi connectivity index (χ0n) is 16.2. The summed E-state index contributed by atoms with van der Waals surface area (Å²) in [4.78, 5) is 31.5. The lowest BCUT2D eigenvalue weighted by Crippen LogP contribution is -2.45. The van der Waals surface area contributed by atoms with Crippen molar-refractivity contribution < 1.29 is 4.79 Å². The Bertz CT molecular complexity index is 1040. The predicted octanol–water partition coefficient (Wildman–Crippen LogP) is 4.07. The molecule has 1 aliphatic rings. The van der Waals surface area contributed by atoms with Gasteiger partial charge in [-0.15, -0.1) is 11.3 Å². The third-order valence-corrected chi connectivity index (χ3v) is 7.04. The highest BCUT2D eigenvalue weighted by Gasteiger charge is 2.28. The first-order valence-electron chi connectivity index (χ1n) is 9.86. The topological polar surface area (TPSA) is 64.0 Å². The summed E-state index contributed by atoms with van der Waals surface area (Å²) in [6.45, 7) is 4.45. The van der Waals surface area contributed by atoms with Crippen LogP contribution in [0.1, 0.15) is 33.1 Å². The first-order valence-corrected chi connectivity index (χ1v) is 10.7. The standard InChI is InChI=1S/C22H25N3O2S/c1-14-7-6-10-18(15(14)2)24-20(26)12-25-13-23-21-17(22(25)27)11-19(28-21)16-8-4-3-5-9-16/h3-5,8-9,11,13-15,18H,6-7,10,12H2,1-2H3,(H,24,26)/t14-,15-,18-/m1/s1. The van der Waals surface area contributed by atoms with Crippen LogP contribution in [0, 0.1) is 11.8 Å². The predicted molar refractivity (Wildman–Crippen MR) is 113 cm³/mol. The monoisotopic (exact) mass is 395 g/mol. The SMILES string of the molecule is C[C@@H]1[C@H](C)CCC[C@H]1NC(=O)Cn1cnc2sc(-c3ccccc3)cc2c1=O. The fourth-order valence-corrected chi connectivity index (χ4v) is 5.01. The molecule has 1 N–H and O–H groups in total. The van der Waals surface area contributed by atoms with Gasteiger partial charge < -0.3 is 5.32 Å². The van der Waals surface area contributed by atoms with Crippen molar-refractivity contribution in [2.75, 3.05) is 0 Å². The second kappa shape index (κ2) is 7.87. The Morgan fingerprint density at radius 1 is 1.25 bits per heavy atom. The molecule has 0 unspecified atom stereocenters. The number of thiophene rings is 1. The average molecular weight is 396 g/mol. The first kappa shape index (κ1) is 18.9. The molecular formula is C22H25N3O2S. The van der Waals surface area contributed by atoms with Gasteiger partial charge in [-0.05, 0) is 29.9 Å². The molecular weight excluding hydrogens is 370 g/mol. The molecule has 2 aromatic heterocycles. The second-order valence-electron chi connectivity index (χ2n) is 7.81. The number of amides is 1. The fourth-order valence-electron chi connectivity index (χ4n) is 4.01. The third-order valence-electron chi connectivity index (χ3n) is 5.94. The van der Waals surface area contributed by atoms with Gasteiger partial charge in [-0.3, -0.25) is 14.2 Å². The van der Waals surface area contributed by atoms with E-state index >= 15 is 0 Å². The number of carbonyl (C=O) groups excluding carboxylic acids is 1. The molecule has 1 aromatic carbocycles. The van der Waals surface area contributed by atoms with Gasteiger partial charge in [0.25, 0.3) is 5.56 Å². The van der Waals surface area contributed by atoms with Crippen molar-refractivity contribution in [2.45, 2.75) is 45.7 Å². The van der Waals surface area contributed by atoms with E-state index in [0.717, 1.165) is 23.3 Å². The number of hydrogen-bond donors (Lipinski definition) is 1. The summed E-state index contributed by atoms with van der Waals surface area (Å²) in [6.07, 6.45) is 4.85. The van der Waals surface area contributed by atoms with Crippen molar-refractivity contribution in [2.24, 2.45) is 11.8 Å². The van der Waals surface area contributed by atoms with Gasteiger partial charge in [-0.2, -0.15) is 0 Å². The maximum Gasteiger partial charge on any atom is 0.262 e. The summed E-state index contributed by atoms with van der Waals surface area (Å²) in [5, 5.41) is 3.70. The molecule has 1 amide bonds. The van der Waals surface area contributed by atoms with Gasteiger partial charge in [0, 0.05) is 10.9 Å². The lowest BCUT2D eigenvalue weighted by Gasteiger charge is -2.34. The minimum Gasteiger partial charge on any atom is -0.352 e. The van der Waals surface area contributed by atoms with Crippen LogP contribution in [0.4, 0.5) is 0 Å². The van der Waals surface area contributed by atoms with E-state index in [1.807, 2.05) is 36.4 Å². The first-order chi connectivity index (χ1) is 13.5. The van der Waals surface area contributed by atoms with Crippen LogP contribution >= 0.6 is 11.3 Å². The highest BCUT2D eigenvalue weighted by atomic mass is 32.1. The van der Waals surface area contributed by atoms with E-state index in [-0.39, 0.29) is 24.1 Å². The number of hydrogen-bond acceptors (Lipinski definition) is 4. The molecule has 0 saturated heterocycles. The molecule has 1 fully saturated rings. The smallest absolute Gasteiger partial charge is 0.262 e. The maximum absolute atomic E-state index is 12.9. The minimum atomic E-state index is -0.163. The number of aromatic nitrogens is 2. The molecule has 3 aromatic rings. The van der Waals surface area contributed by atoms with Crippen molar-refractivity contribution in [3.05, 3.63) is 53.1 Å². The van der Waals surface area contributed by atoms with Crippen LogP contribution in [-0.2, 0) is 11.3 Å². The van der Waals surface area contributed by atoms with E-state index in [4.69, 9.17) is 0 Å². The Kier molecular flexibility index (Phi) is 5.31. The summed E-state index contributed by atoms with van der Waals surface area (Å²) in [5.74, 6) is 0.954. The van der Waals surface area contributed by atoms with Crippen LogP contribution in [-0.4, -0.2) is 21.5 Å². The van der Waals surface area contributed by atoms with Crippen LogP contribution in [0.15, 0.2) is 47.5 Å². The van der Waals surface area contributed by atoms with E-state index < -0.39 is 0 Å². The van der Waals surface area contributed by atoms with Gasteiger partial charge in [0.05, 0.1) is 11.7 Å². The van der Waals surface area contributed by atoms with E-state index in [1.54, 1.807) is 0 Å². The Morgan fingerprint density at radius 3 is 2.82 bits per heavy atom. The number of rotatable bonds is 4. The summed E-state index contributed by atoms with van der Waals surface area (Å²) < 4.78 is 1.41. The number of benzene rings is 1. The molecule has 0 bridgehead atoms. The van der Waals surface area contributed by atoms with Gasteiger partial charge in [0.1, 0.15) is 11.4 Å². The lowest BCUT2D eigenvalue weighted by molar-refractivity contribution is -0.123. The van der Waals surface area contributed by atoms with Crippen LogP contribution in [0.25, 0.3) is 20.7 Å². The van der Waals surface area contributed by atoms with Gasteiger partial charge >= 0.3 is 0 Å². The molecule has 0 aliphatic heterocycles. The highest BCUT2D eigenvalue weighted by molar-refractivity contribution is 7.21. The molecule has 6 heteroatoms. The lowest BCUT2D eigenvalue weighted by atomic mass is 9.78. The zero-order valence-corrected chi connectivity index (χ0v) is 17.0. The van der Waals surface area contributed by atoms with Crippen molar-refractivity contribution in [3.8, 4) is 10.4 Å². The maximum atomic E-state index is 12.9. The molecule has 28 heavy (non-hydrogen) atoms. The summed E-state index contributed by atoms with van der Waals surface area (Å²) >= 11 is 1.50. The molecule has 2 heterocycles. The van der Waals surface area contributed by atoms with Crippen molar-refractivity contribution in [1.82, 2.24) is 14.9 Å². The largest absolute Gasteiger partial charge is 0.352 e. The molecule has 0 radical (unpaired) electrons. The van der Waals surface area contributed by atoms with Crippen LogP contribution in [0.5, 0.6) is 0 Å². The third kappa shape index (κ3) is 3.74. The van der Waals surface area contributed by atoms with E-state index in [1.165, 1.54) is 28.7 Å². The van der Waals surface area contributed by atoms with Crippen LogP contribution in [0.3, 0.4) is 0 Å². The van der Waals surface area contributed by atoms with Crippen LogP contribution < -0.4 is 10.9 Å². The normalized spacial score (nSPS) is 22.3. The molecule has 0 spiro atoms. The highest BCUT2D eigenvalue weighted by Crippen LogP contribution is 2.31. The fraction of sp³-hybridized carbons (Fsp3) is 0.409. The Balaban J connectivity index is 1.53. The van der Waals surface area contributed by atoms with Gasteiger partial charge in [0.15, 0.2) is 0 Å². The Hall–Kier alpha value is -2.47. The van der Waals surface area contributed by atoms with Gasteiger partial charge in [0.2, 0.25) is 5.91 Å². The molecule has 3 atom stereocenters.